The quantitative estimate of drug-likeness (QED) is 0.526. The van der Waals surface area contributed by atoms with Crippen molar-refractivity contribution in [1.29, 1.82) is 0 Å². The third kappa shape index (κ3) is 2.00. The standard InChI is InChI=1S/C13H16/c1-11-8-9-12-6-4-2-3-5-7-13(12)10-11/h2-3,8-10H,4-7H2,1H3/b3-2-. The summed E-state index contributed by atoms with van der Waals surface area (Å²) in [4.78, 5) is 0. The van der Waals surface area contributed by atoms with Gasteiger partial charge in [0.05, 0.1) is 0 Å². The number of benzene rings is 1. The molecule has 1 aliphatic rings. The zero-order valence-corrected chi connectivity index (χ0v) is 8.22. The van der Waals surface area contributed by atoms with Gasteiger partial charge in [0.2, 0.25) is 0 Å². The van der Waals surface area contributed by atoms with Crippen molar-refractivity contribution >= 4 is 0 Å². The molecule has 2 rings (SSSR count). The molecule has 1 aromatic rings. The van der Waals surface area contributed by atoms with Crippen LogP contribution in [-0.2, 0) is 12.8 Å². The molecule has 0 spiro atoms. The van der Waals surface area contributed by atoms with Gasteiger partial charge in [-0.15, -0.1) is 0 Å². The van der Waals surface area contributed by atoms with E-state index in [1.165, 1.54) is 31.2 Å². The van der Waals surface area contributed by atoms with E-state index in [2.05, 4.69) is 37.3 Å². The van der Waals surface area contributed by atoms with Crippen molar-refractivity contribution in [1.82, 2.24) is 0 Å². The Kier molecular flexibility index (Phi) is 2.49. The van der Waals surface area contributed by atoms with Crippen molar-refractivity contribution < 1.29 is 0 Å². The molecule has 0 bridgehead atoms. The fourth-order valence-electron chi connectivity index (χ4n) is 1.94. The van der Waals surface area contributed by atoms with Gasteiger partial charge in [0.25, 0.3) is 0 Å². The third-order valence-corrected chi connectivity index (χ3v) is 2.69. The molecule has 1 aliphatic carbocycles. The van der Waals surface area contributed by atoms with E-state index in [9.17, 15) is 0 Å². The fraction of sp³-hybridized carbons (Fsp3) is 0.385. The third-order valence-electron chi connectivity index (χ3n) is 2.69. The van der Waals surface area contributed by atoms with Gasteiger partial charge in [0.15, 0.2) is 0 Å². The Morgan fingerprint density at radius 3 is 2.38 bits per heavy atom. The van der Waals surface area contributed by atoms with E-state index in [4.69, 9.17) is 0 Å². The molecular formula is C13H16. The normalized spacial score (nSPS) is 18.5. The first-order valence-electron chi connectivity index (χ1n) is 5.09. The van der Waals surface area contributed by atoms with E-state index in [0.29, 0.717) is 0 Å². The molecule has 0 aliphatic heterocycles. The van der Waals surface area contributed by atoms with Crippen LogP contribution in [0.2, 0.25) is 0 Å². The lowest BCUT2D eigenvalue weighted by molar-refractivity contribution is 0.891. The number of aryl methyl sites for hydroxylation is 3. The van der Waals surface area contributed by atoms with Crippen molar-refractivity contribution in [2.75, 3.05) is 0 Å². The highest BCUT2D eigenvalue weighted by atomic mass is 14.1. The highest BCUT2D eigenvalue weighted by molar-refractivity contribution is 5.32. The first kappa shape index (κ1) is 8.55. The minimum atomic E-state index is 1.20. The van der Waals surface area contributed by atoms with Crippen LogP contribution in [0.5, 0.6) is 0 Å². The van der Waals surface area contributed by atoms with Crippen molar-refractivity contribution in [3.8, 4) is 0 Å². The molecule has 13 heavy (non-hydrogen) atoms. The molecule has 0 N–H and O–H groups in total. The Balaban J connectivity index is 2.32. The van der Waals surface area contributed by atoms with Gasteiger partial charge in [0.1, 0.15) is 0 Å². The lowest BCUT2D eigenvalue weighted by Crippen LogP contribution is -1.96. The predicted octanol–water partition coefficient (Wildman–Crippen LogP) is 3.43. The Labute approximate surface area is 80.3 Å². The second-order valence-corrected chi connectivity index (χ2v) is 3.82. The minimum Gasteiger partial charge on any atom is -0.0882 e. The highest BCUT2D eigenvalue weighted by Gasteiger charge is 2.03. The number of rotatable bonds is 0. The van der Waals surface area contributed by atoms with Crippen LogP contribution in [0, 0.1) is 6.92 Å². The molecule has 0 nitrogen and oxygen atoms in total. The molecule has 0 saturated carbocycles. The van der Waals surface area contributed by atoms with Crippen molar-refractivity contribution in [2.45, 2.75) is 32.6 Å². The van der Waals surface area contributed by atoms with Gasteiger partial charge in [-0.05, 0) is 43.7 Å². The number of allylic oxidation sites excluding steroid dienone is 2. The predicted molar refractivity (Wildman–Crippen MR) is 57.0 cm³/mol. The van der Waals surface area contributed by atoms with E-state index in [0.717, 1.165) is 0 Å². The summed E-state index contributed by atoms with van der Waals surface area (Å²) in [5.41, 5.74) is 4.50. The number of fused-ring (bicyclic) bond motifs is 1. The Bertz CT molecular complexity index is 321. The molecule has 0 unspecified atom stereocenters. The van der Waals surface area contributed by atoms with Crippen molar-refractivity contribution in [2.24, 2.45) is 0 Å². The van der Waals surface area contributed by atoms with Gasteiger partial charge >= 0.3 is 0 Å². The van der Waals surface area contributed by atoms with E-state index < -0.39 is 0 Å². The van der Waals surface area contributed by atoms with Crippen molar-refractivity contribution in [3.05, 3.63) is 47.0 Å². The van der Waals surface area contributed by atoms with Gasteiger partial charge in [-0.2, -0.15) is 0 Å². The van der Waals surface area contributed by atoms with E-state index in [1.807, 2.05) is 0 Å². The van der Waals surface area contributed by atoms with Crippen LogP contribution < -0.4 is 0 Å². The molecular weight excluding hydrogens is 156 g/mol. The monoisotopic (exact) mass is 172 g/mol. The Morgan fingerprint density at radius 2 is 1.62 bits per heavy atom. The summed E-state index contributed by atoms with van der Waals surface area (Å²) in [6.45, 7) is 2.18. The topological polar surface area (TPSA) is 0 Å². The summed E-state index contributed by atoms with van der Waals surface area (Å²) in [5.74, 6) is 0. The summed E-state index contributed by atoms with van der Waals surface area (Å²) < 4.78 is 0. The number of hydrogen-bond acceptors (Lipinski definition) is 0. The summed E-state index contributed by atoms with van der Waals surface area (Å²) in [5, 5.41) is 0. The maximum atomic E-state index is 2.34. The lowest BCUT2D eigenvalue weighted by atomic mass is 9.95. The second-order valence-electron chi connectivity index (χ2n) is 3.82. The zero-order chi connectivity index (χ0) is 9.10. The van der Waals surface area contributed by atoms with Gasteiger partial charge in [-0.1, -0.05) is 35.9 Å². The van der Waals surface area contributed by atoms with Crippen LogP contribution in [-0.4, -0.2) is 0 Å². The smallest absolute Gasteiger partial charge is 0.0241 e. The first-order chi connectivity index (χ1) is 6.36. The van der Waals surface area contributed by atoms with Gasteiger partial charge in [0, 0.05) is 0 Å². The average Bonchev–Trinajstić information content (AvgIpc) is 2.08. The molecule has 1 aromatic carbocycles. The van der Waals surface area contributed by atoms with Crippen LogP contribution in [0.1, 0.15) is 29.5 Å². The lowest BCUT2D eigenvalue weighted by Gasteiger charge is -2.11. The summed E-state index contributed by atoms with van der Waals surface area (Å²) in [6, 6.07) is 6.86. The molecule has 0 amide bonds. The SMILES string of the molecule is Cc1ccc2c(c1)CC/C=C\CC2. The minimum absolute atomic E-state index is 1.20. The molecule has 0 fully saturated rings. The van der Waals surface area contributed by atoms with Gasteiger partial charge in [-0.25, -0.2) is 0 Å². The maximum absolute atomic E-state index is 2.34. The van der Waals surface area contributed by atoms with E-state index >= 15 is 0 Å². The fourth-order valence-corrected chi connectivity index (χ4v) is 1.94. The number of hydrogen-bond donors (Lipinski definition) is 0. The maximum Gasteiger partial charge on any atom is -0.0241 e. The Morgan fingerprint density at radius 1 is 0.923 bits per heavy atom. The van der Waals surface area contributed by atoms with Gasteiger partial charge < -0.3 is 0 Å². The van der Waals surface area contributed by atoms with Crippen LogP contribution >= 0.6 is 0 Å². The molecule has 0 aromatic heterocycles. The summed E-state index contributed by atoms with van der Waals surface area (Å²) in [6.07, 6.45) is 9.46. The van der Waals surface area contributed by atoms with Crippen LogP contribution in [0.15, 0.2) is 30.4 Å². The van der Waals surface area contributed by atoms with E-state index in [-0.39, 0.29) is 0 Å². The summed E-state index contributed by atoms with van der Waals surface area (Å²) >= 11 is 0. The molecule has 0 heterocycles. The molecule has 0 atom stereocenters. The van der Waals surface area contributed by atoms with Crippen molar-refractivity contribution in [3.63, 3.8) is 0 Å². The molecule has 0 saturated heterocycles. The zero-order valence-electron chi connectivity index (χ0n) is 8.22. The molecule has 0 radical (unpaired) electrons. The average molecular weight is 172 g/mol. The largest absolute Gasteiger partial charge is 0.0882 e. The molecule has 0 heteroatoms. The summed E-state index contributed by atoms with van der Waals surface area (Å²) in [7, 11) is 0. The van der Waals surface area contributed by atoms with Crippen LogP contribution in [0.4, 0.5) is 0 Å². The van der Waals surface area contributed by atoms with Crippen LogP contribution in [0.3, 0.4) is 0 Å². The highest BCUT2D eigenvalue weighted by Crippen LogP contribution is 2.18. The Hall–Kier alpha value is -1.04. The molecule has 68 valence electrons. The van der Waals surface area contributed by atoms with Gasteiger partial charge in [-0.3, -0.25) is 0 Å². The van der Waals surface area contributed by atoms with Crippen LogP contribution in [0.25, 0.3) is 0 Å². The second kappa shape index (κ2) is 3.78. The first-order valence-corrected chi connectivity index (χ1v) is 5.09. The van der Waals surface area contributed by atoms with E-state index in [1.54, 1.807) is 11.1 Å².